The van der Waals surface area contributed by atoms with Crippen LogP contribution in [0.1, 0.15) is 11.1 Å². The summed E-state index contributed by atoms with van der Waals surface area (Å²) in [7, 11) is 0. The van der Waals surface area contributed by atoms with Crippen LogP contribution in [0.15, 0.2) is 82.4 Å². The van der Waals surface area contributed by atoms with Crippen LogP contribution in [0.2, 0.25) is 5.02 Å². The number of benzene rings is 3. The van der Waals surface area contributed by atoms with Gasteiger partial charge in [0.1, 0.15) is 12.4 Å². The topological polar surface area (TPSA) is 62.7 Å². The zero-order valence-electron chi connectivity index (χ0n) is 15.4. The van der Waals surface area contributed by atoms with E-state index < -0.39 is 0 Å². The minimum absolute atomic E-state index is 0.139. The molecule has 5 nitrogen and oxygen atoms in total. The number of hydrogen-bond donors (Lipinski definition) is 2. The van der Waals surface area contributed by atoms with Crippen molar-refractivity contribution in [3.8, 4) is 5.75 Å². The third-order valence-corrected chi connectivity index (χ3v) is 4.92. The van der Waals surface area contributed by atoms with E-state index in [1.807, 2.05) is 72.8 Å². The molecule has 3 aromatic rings. The minimum atomic E-state index is -0.233. The van der Waals surface area contributed by atoms with Crippen molar-refractivity contribution in [1.29, 1.82) is 0 Å². The number of hydrazone groups is 1. The van der Waals surface area contributed by atoms with Crippen molar-refractivity contribution in [2.24, 2.45) is 5.10 Å². The van der Waals surface area contributed by atoms with E-state index in [-0.39, 0.29) is 12.5 Å². The summed E-state index contributed by atoms with van der Waals surface area (Å²) >= 11 is 9.64. The molecule has 0 aromatic heterocycles. The van der Waals surface area contributed by atoms with Gasteiger partial charge in [-0.3, -0.25) is 4.79 Å². The van der Waals surface area contributed by atoms with E-state index in [4.69, 9.17) is 16.3 Å². The third-order valence-electron chi connectivity index (χ3n) is 3.93. The molecule has 2 N–H and O–H groups in total. The highest BCUT2D eigenvalue weighted by molar-refractivity contribution is 9.10. The van der Waals surface area contributed by atoms with Crippen molar-refractivity contribution < 1.29 is 9.53 Å². The molecule has 1 amide bonds. The zero-order chi connectivity index (χ0) is 20.5. The Hall–Kier alpha value is -2.83. The highest BCUT2D eigenvalue weighted by atomic mass is 79.9. The second-order valence-electron chi connectivity index (χ2n) is 6.08. The lowest BCUT2D eigenvalue weighted by atomic mass is 10.2. The van der Waals surface area contributed by atoms with Gasteiger partial charge in [-0.25, -0.2) is 5.43 Å². The van der Waals surface area contributed by atoms with Gasteiger partial charge in [-0.05, 0) is 57.9 Å². The summed E-state index contributed by atoms with van der Waals surface area (Å²) < 4.78 is 6.60. The maximum atomic E-state index is 11.8. The Morgan fingerprint density at radius 2 is 1.83 bits per heavy atom. The van der Waals surface area contributed by atoms with Crippen LogP contribution in [0.25, 0.3) is 0 Å². The maximum Gasteiger partial charge on any atom is 0.259 e. The Balaban J connectivity index is 1.49. The van der Waals surface area contributed by atoms with Crippen LogP contribution in [0.3, 0.4) is 0 Å². The second kappa shape index (κ2) is 10.6. The zero-order valence-corrected chi connectivity index (χ0v) is 17.8. The normalized spacial score (nSPS) is 10.7. The first-order valence-electron chi connectivity index (χ1n) is 8.88. The summed E-state index contributed by atoms with van der Waals surface area (Å²) in [5.74, 6) is 0.460. The first kappa shape index (κ1) is 20.9. The number of halogens is 2. The van der Waals surface area contributed by atoms with Crippen LogP contribution in [-0.4, -0.2) is 18.7 Å². The number of amides is 1. The number of carbonyl (C=O) groups is 1. The molecule has 0 aliphatic heterocycles. The van der Waals surface area contributed by atoms with E-state index in [0.29, 0.717) is 17.4 Å². The molecule has 29 heavy (non-hydrogen) atoms. The van der Waals surface area contributed by atoms with Gasteiger partial charge >= 0.3 is 0 Å². The highest BCUT2D eigenvalue weighted by Crippen LogP contribution is 2.27. The number of rotatable bonds is 8. The van der Waals surface area contributed by atoms with E-state index in [1.54, 1.807) is 6.21 Å². The molecule has 148 valence electrons. The van der Waals surface area contributed by atoms with Crippen LogP contribution in [0.4, 0.5) is 5.69 Å². The van der Waals surface area contributed by atoms with Gasteiger partial charge in [0.25, 0.3) is 5.91 Å². The summed E-state index contributed by atoms with van der Waals surface area (Å²) in [4.78, 5) is 11.8. The maximum absolute atomic E-state index is 11.8. The third kappa shape index (κ3) is 6.62. The number of anilines is 1. The first-order chi connectivity index (χ1) is 14.1. The van der Waals surface area contributed by atoms with Crippen molar-refractivity contribution in [2.45, 2.75) is 6.61 Å². The predicted octanol–water partition coefficient (Wildman–Crippen LogP) is 5.24. The average molecular weight is 473 g/mol. The molecule has 0 bridgehead atoms. The van der Waals surface area contributed by atoms with Gasteiger partial charge in [0.15, 0.2) is 0 Å². The number of ether oxygens (including phenoxy) is 1. The average Bonchev–Trinajstić information content (AvgIpc) is 2.73. The lowest BCUT2D eigenvalue weighted by Crippen LogP contribution is -2.25. The van der Waals surface area contributed by atoms with Gasteiger partial charge in [-0.15, -0.1) is 0 Å². The summed E-state index contributed by atoms with van der Waals surface area (Å²) in [5, 5.41) is 7.68. The molecule has 0 heterocycles. The molecule has 0 unspecified atom stereocenters. The standard InChI is InChI=1S/C22H19BrClN3O2/c23-19-12-16(10-11-21(19)29-15-17-6-4-5-9-20(17)24)13-26-27-22(28)14-25-18-7-2-1-3-8-18/h1-13,25H,14-15H2,(H,27,28)/b26-13-. The van der Waals surface area contributed by atoms with Gasteiger partial charge in [0, 0.05) is 16.3 Å². The number of nitrogens with one attached hydrogen (secondary N) is 2. The van der Waals surface area contributed by atoms with E-state index in [1.165, 1.54) is 0 Å². The van der Waals surface area contributed by atoms with Crippen LogP contribution >= 0.6 is 27.5 Å². The van der Waals surface area contributed by atoms with Crippen LogP contribution in [0.5, 0.6) is 5.75 Å². The van der Waals surface area contributed by atoms with Crippen LogP contribution in [-0.2, 0) is 11.4 Å². The lowest BCUT2D eigenvalue weighted by molar-refractivity contribution is -0.119. The molecule has 0 aliphatic carbocycles. The van der Waals surface area contributed by atoms with Crippen LogP contribution < -0.4 is 15.5 Å². The van der Waals surface area contributed by atoms with E-state index >= 15 is 0 Å². The summed E-state index contributed by atoms with van der Waals surface area (Å²) in [6, 6.07) is 22.6. The molecule has 0 radical (unpaired) electrons. The van der Waals surface area contributed by atoms with Gasteiger partial charge in [-0.1, -0.05) is 48.0 Å². The van der Waals surface area contributed by atoms with Crippen molar-refractivity contribution in [3.63, 3.8) is 0 Å². The Labute approximate surface area is 182 Å². The lowest BCUT2D eigenvalue weighted by Gasteiger charge is -2.10. The molecule has 3 aromatic carbocycles. The summed E-state index contributed by atoms with van der Waals surface area (Å²) in [5.41, 5.74) is 5.11. The number of carbonyl (C=O) groups excluding carboxylic acids is 1. The Kier molecular flexibility index (Phi) is 7.67. The molecule has 0 fully saturated rings. The van der Waals surface area contributed by atoms with Gasteiger partial charge in [0.05, 0.1) is 17.2 Å². The quantitative estimate of drug-likeness (QED) is 0.348. The SMILES string of the molecule is O=C(CNc1ccccc1)N/N=C\c1ccc(OCc2ccccc2Cl)c(Br)c1. The molecule has 0 spiro atoms. The fourth-order valence-electron chi connectivity index (χ4n) is 2.44. The van der Waals surface area contributed by atoms with Crippen molar-refractivity contribution >= 4 is 45.3 Å². The largest absolute Gasteiger partial charge is 0.488 e. The monoisotopic (exact) mass is 471 g/mol. The summed E-state index contributed by atoms with van der Waals surface area (Å²) in [6.07, 6.45) is 1.57. The molecular formula is C22H19BrClN3O2. The molecule has 7 heteroatoms. The fourth-order valence-corrected chi connectivity index (χ4v) is 3.14. The molecule has 0 atom stereocenters. The second-order valence-corrected chi connectivity index (χ2v) is 7.34. The van der Waals surface area contributed by atoms with Crippen LogP contribution in [0, 0.1) is 0 Å². The van der Waals surface area contributed by atoms with E-state index in [0.717, 1.165) is 21.3 Å². The number of hydrogen-bond acceptors (Lipinski definition) is 4. The van der Waals surface area contributed by atoms with Crippen molar-refractivity contribution in [3.05, 3.63) is 93.4 Å². The van der Waals surface area contributed by atoms with Crippen molar-refractivity contribution in [1.82, 2.24) is 5.43 Å². The van der Waals surface area contributed by atoms with E-state index in [9.17, 15) is 4.79 Å². The number of nitrogens with zero attached hydrogens (tertiary/aromatic N) is 1. The van der Waals surface area contributed by atoms with Gasteiger partial charge in [-0.2, -0.15) is 5.10 Å². The predicted molar refractivity (Wildman–Crippen MR) is 121 cm³/mol. The molecule has 0 aliphatic rings. The minimum Gasteiger partial charge on any atom is -0.488 e. The molecule has 0 saturated carbocycles. The van der Waals surface area contributed by atoms with Gasteiger partial charge < -0.3 is 10.1 Å². The van der Waals surface area contributed by atoms with Crippen molar-refractivity contribution in [2.75, 3.05) is 11.9 Å². The van der Waals surface area contributed by atoms with E-state index in [2.05, 4.69) is 31.8 Å². The Morgan fingerprint density at radius 3 is 2.59 bits per heavy atom. The smallest absolute Gasteiger partial charge is 0.259 e. The fraction of sp³-hybridized carbons (Fsp3) is 0.0909. The first-order valence-corrected chi connectivity index (χ1v) is 10.1. The summed E-state index contributed by atoms with van der Waals surface area (Å²) in [6.45, 7) is 0.510. The molecular weight excluding hydrogens is 454 g/mol. The number of para-hydroxylation sites is 1. The van der Waals surface area contributed by atoms with Gasteiger partial charge in [0.2, 0.25) is 0 Å². The Bertz CT molecular complexity index is 996. The molecule has 3 rings (SSSR count). The Morgan fingerprint density at radius 1 is 1.07 bits per heavy atom. The highest BCUT2D eigenvalue weighted by Gasteiger charge is 2.05. The molecule has 0 saturated heterocycles.